The lowest BCUT2D eigenvalue weighted by Crippen LogP contribution is -1.81. The van der Waals surface area contributed by atoms with Crippen LogP contribution in [0.15, 0.2) is 10.7 Å². The number of thiazole rings is 1. The van der Waals surface area contributed by atoms with Gasteiger partial charge in [-0.3, -0.25) is 0 Å². The lowest BCUT2D eigenvalue weighted by molar-refractivity contribution is 0.618. The first kappa shape index (κ1) is 8.28. The van der Waals surface area contributed by atoms with Crippen molar-refractivity contribution >= 4 is 49.8 Å². The van der Waals surface area contributed by atoms with E-state index in [2.05, 4.69) is 25.9 Å². The third-order valence-corrected chi connectivity index (χ3v) is 3.63. The van der Waals surface area contributed by atoms with Crippen molar-refractivity contribution in [3.8, 4) is 0 Å². The first-order valence-electron chi connectivity index (χ1n) is 3.01. The van der Waals surface area contributed by atoms with E-state index in [0.717, 1.165) is 10.9 Å². The Morgan fingerprint density at radius 1 is 1.67 bits per heavy atom. The summed E-state index contributed by atoms with van der Waals surface area (Å²) >= 11 is 9.32. The van der Waals surface area contributed by atoms with Gasteiger partial charge >= 0.3 is 0 Å². The molecule has 0 aliphatic rings. The number of pyridine rings is 1. The first-order valence-corrected chi connectivity index (χ1v) is 5.03. The van der Waals surface area contributed by atoms with E-state index in [-0.39, 0.29) is 5.82 Å². The molecule has 2 nitrogen and oxygen atoms in total. The number of aromatic amines is 1. The van der Waals surface area contributed by atoms with Crippen molar-refractivity contribution in [1.29, 1.82) is 0 Å². The summed E-state index contributed by atoms with van der Waals surface area (Å²) in [6.07, 6.45) is 1.16. The van der Waals surface area contributed by atoms with E-state index in [4.69, 9.17) is 12.2 Å². The summed E-state index contributed by atoms with van der Waals surface area (Å²) in [5.74, 6) is -0.368. The predicted octanol–water partition coefficient (Wildman–Crippen LogP) is 3.26. The predicted molar refractivity (Wildman–Crippen MR) is 52.5 cm³/mol. The topological polar surface area (TPSA) is 28.7 Å². The van der Waals surface area contributed by atoms with Crippen LogP contribution in [0.1, 0.15) is 0 Å². The largest absolute Gasteiger partial charge is 0.322 e. The molecule has 0 saturated carbocycles. The van der Waals surface area contributed by atoms with Gasteiger partial charge in [0.05, 0.1) is 15.4 Å². The Balaban J connectivity index is 2.99. The maximum Gasteiger partial charge on any atom is 0.160 e. The normalized spacial score (nSPS) is 10.8. The molecule has 62 valence electrons. The summed E-state index contributed by atoms with van der Waals surface area (Å²) < 4.78 is 14.7. The van der Waals surface area contributed by atoms with E-state index >= 15 is 0 Å². The molecule has 2 heterocycles. The van der Waals surface area contributed by atoms with Crippen molar-refractivity contribution in [2.75, 3.05) is 0 Å². The monoisotopic (exact) mass is 264 g/mol. The van der Waals surface area contributed by atoms with Crippen LogP contribution in [0.2, 0.25) is 0 Å². The molecule has 0 fully saturated rings. The zero-order valence-electron chi connectivity index (χ0n) is 5.60. The number of H-pyrrole nitrogens is 1. The molecule has 0 saturated heterocycles. The van der Waals surface area contributed by atoms with Gasteiger partial charge in [0.2, 0.25) is 0 Å². The van der Waals surface area contributed by atoms with Gasteiger partial charge in [-0.05, 0) is 28.1 Å². The number of halogens is 2. The summed E-state index contributed by atoms with van der Waals surface area (Å²) in [5, 5.41) is 0. The van der Waals surface area contributed by atoms with E-state index in [0.29, 0.717) is 14.1 Å². The number of hydrogen-bond acceptors (Lipinski definition) is 3. The van der Waals surface area contributed by atoms with Gasteiger partial charge in [0.1, 0.15) is 5.65 Å². The van der Waals surface area contributed by atoms with Crippen molar-refractivity contribution in [2.45, 2.75) is 0 Å². The van der Waals surface area contributed by atoms with Crippen LogP contribution in [0.25, 0.3) is 10.3 Å². The van der Waals surface area contributed by atoms with Crippen molar-refractivity contribution in [3.05, 3.63) is 20.4 Å². The molecule has 0 spiro atoms. The molecule has 0 aromatic carbocycles. The van der Waals surface area contributed by atoms with Crippen molar-refractivity contribution < 1.29 is 4.39 Å². The van der Waals surface area contributed by atoms with Gasteiger partial charge < -0.3 is 4.98 Å². The molecule has 0 aliphatic carbocycles. The summed E-state index contributed by atoms with van der Waals surface area (Å²) in [5.41, 5.74) is 0.623. The molecule has 0 bridgehead atoms. The number of rotatable bonds is 0. The Labute approximate surface area is 84.6 Å². The SMILES string of the molecule is Fc1cnc2[nH]c(=S)sc2c1Br. The highest BCUT2D eigenvalue weighted by Gasteiger charge is 2.07. The fourth-order valence-corrected chi connectivity index (χ4v) is 2.45. The quantitative estimate of drug-likeness (QED) is 0.741. The smallest absolute Gasteiger partial charge is 0.160 e. The van der Waals surface area contributed by atoms with Crippen molar-refractivity contribution in [1.82, 2.24) is 9.97 Å². The molecule has 12 heavy (non-hydrogen) atoms. The number of nitrogens with one attached hydrogen (secondary N) is 1. The maximum absolute atomic E-state index is 12.9. The highest BCUT2D eigenvalue weighted by Crippen LogP contribution is 2.28. The Morgan fingerprint density at radius 3 is 3.17 bits per heavy atom. The highest BCUT2D eigenvalue weighted by molar-refractivity contribution is 9.10. The third kappa shape index (κ3) is 1.19. The van der Waals surface area contributed by atoms with E-state index < -0.39 is 0 Å². The van der Waals surface area contributed by atoms with Crippen LogP contribution in [-0.4, -0.2) is 9.97 Å². The van der Waals surface area contributed by atoms with Crippen LogP contribution in [0.4, 0.5) is 4.39 Å². The zero-order chi connectivity index (χ0) is 8.72. The molecule has 2 rings (SSSR count). The fourth-order valence-electron chi connectivity index (χ4n) is 0.846. The molecule has 0 atom stereocenters. The second kappa shape index (κ2) is 2.86. The molecule has 6 heteroatoms. The van der Waals surface area contributed by atoms with Gasteiger partial charge in [-0.2, -0.15) is 0 Å². The van der Waals surface area contributed by atoms with Gasteiger partial charge in [0, 0.05) is 0 Å². The molecule has 1 N–H and O–H groups in total. The second-order valence-electron chi connectivity index (χ2n) is 2.11. The Hall–Kier alpha value is -0.330. The summed E-state index contributed by atoms with van der Waals surface area (Å²) in [7, 11) is 0. The van der Waals surface area contributed by atoms with E-state index in [1.807, 2.05) is 0 Å². The molecule has 0 unspecified atom stereocenters. The molecular formula is C6H2BrFN2S2. The van der Waals surface area contributed by atoms with E-state index in [1.54, 1.807) is 0 Å². The van der Waals surface area contributed by atoms with E-state index in [1.165, 1.54) is 11.3 Å². The lowest BCUT2D eigenvalue weighted by atomic mass is 10.5. The minimum Gasteiger partial charge on any atom is -0.322 e. The van der Waals surface area contributed by atoms with E-state index in [9.17, 15) is 4.39 Å². The fraction of sp³-hybridized carbons (Fsp3) is 0. The third-order valence-electron chi connectivity index (χ3n) is 1.35. The molecule has 0 aliphatic heterocycles. The molecule has 2 aromatic heterocycles. The standard InChI is InChI=1S/C6H2BrFN2S2/c7-3-2(8)1-9-5-4(3)12-6(11)10-5/h1H,(H,9,10,11). The summed E-state index contributed by atoms with van der Waals surface area (Å²) in [4.78, 5) is 6.70. The maximum atomic E-state index is 12.9. The first-order chi connectivity index (χ1) is 5.68. The number of nitrogens with zero attached hydrogens (tertiary/aromatic N) is 1. The van der Waals surface area contributed by atoms with Crippen LogP contribution >= 0.6 is 39.5 Å². The average Bonchev–Trinajstić information content (AvgIpc) is 2.39. The Bertz CT molecular complexity index is 490. The average molecular weight is 265 g/mol. The summed E-state index contributed by atoms with van der Waals surface area (Å²) in [6, 6.07) is 0. The van der Waals surface area contributed by atoms with Crippen LogP contribution in [-0.2, 0) is 0 Å². The van der Waals surface area contributed by atoms with Crippen molar-refractivity contribution in [3.63, 3.8) is 0 Å². The van der Waals surface area contributed by atoms with Gasteiger partial charge in [0.15, 0.2) is 9.77 Å². The van der Waals surface area contributed by atoms with Gasteiger partial charge in [-0.15, -0.1) is 11.3 Å². The van der Waals surface area contributed by atoms with Crippen LogP contribution in [0, 0.1) is 9.77 Å². The minimum absolute atomic E-state index is 0.368. The molecule has 2 aromatic rings. The number of hydrogen-bond donors (Lipinski definition) is 1. The zero-order valence-corrected chi connectivity index (χ0v) is 8.82. The minimum atomic E-state index is -0.368. The van der Waals surface area contributed by atoms with Gasteiger partial charge in [-0.25, -0.2) is 9.37 Å². The summed E-state index contributed by atoms with van der Waals surface area (Å²) in [6.45, 7) is 0. The second-order valence-corrected chi connectivity index (χ2v) is 4.59. The van der Waals surface area contributed by atoms with Crippen LogP contribution in [0.5, 0.6) is 0 Å². The number of fused-ring (bicyclic) bond motifs is 1. The molecule has 0 radical (unpaired) electrons. The van der Waals surface area contributed by atoms with Crippen LogP contribution in [0.3, 0.4) is 0 Å². The number of aromatic nitrogens is 2. The Kier molecular flexibility index (Phi) is 1.97. The lowest BCUT2D eigenvalue weighted by Gasteiger charge is -1.92. The van der Waals surface area contributed by atoms with Gasteiger partial charge in [-0.1, -0.05) is 0 Å². The Morgan fingerprint density at radius 2 is 2.42 bits per heavy atom. The van der Waals surface area contributed by atoms with Gasteiger partial charge in [0.25, 0.3) is 0 Å². The molecule has 0 amide bonds. The van der Waals surface area contributed by atoms with Crippen LogP contribution < -0.4 is 0 Å². The molecular weight excluding hydrogens is 263 g/mol. The van der Waals surface area contributed by atoms with Crippen molar-refractivity contribution in [2.24, 2.45) is 0 Å². The highest BCUT2D eigenvalue weighted by atomic mass is 79.9.